The molecule has 1 aromatic carbocycles. The maximum Gasteiger partial charge on any atom is 0.266 e. The van der Waals surface area contributed by atoms with E-state index in [1.165, 1.54) is 32.1 Å². The molecule has 25 heavy (non-hydrogen) atoms. The van der Waals surface area contributed by atoms with E-state index < -0.39 is 0 Å². The van der Waals surface area contributed by atoms with E-state index in [0.29, 0.717) is 19.1 Å². The van der Waals surface area contributed by atoms with Crippen LogP contribution in [0.15, 0.2) is 30.3 Å². The zero-order valence-electron chi connectivity index (χ0n) is 14.5. The van der Waals surface area contributed by atoms with Crippen molar-refractivity contribution >= 4 is 16.8 Å². The third-order valence-corrected chi connectivity index (χ3v) is 5.27. The van der Waals surface area contributed by atoms with Crippen LogP contribution < -0.4 is 5.43 Å². The summed E-state index contributed by atoms with van der Waals surface area (Å²) in [4.78, 5) is 17.8. The molecule has 0 spiro atoms. The Labute approximate surface area is 148 Å². The molecule has 1 aromatic heterocycles. The van der Waals surface area contributed by atoms with Crippen molar-refractivity contribution in [3.63, 3.8) is 0 Å². The highest BCUT2D eigenvalue weighted by molar-refractivity contribution is 6.06. The van der Waals surface area contributed by atoms with Gasteiger partial charge in [-0.05, 0) is 25.0 Å². The van der Waals surface area contributed by atoms with Crippen LogP contribution >= 0.6 is 0 Å². The third kappa shape index (κ3) is 3.67. The molecule has 132 valence electrons. The van der Waals surface area contributed by atoms with Gasteiger partial charge in [0.15, 0.2) is 0 Å². The Morgan fingerprint density at radius 3 is 2.68 bits per heavy atom. The summed E-state index contributed by atoms with van der Waals surface area (Å²) in [5.41, 5.74) is 5.77. The van der Waals surface area contributed by atoms with Gasteiger partial charge in [0.05, 0.1) is 24.3 Å². The van der Waals surface area contributed by atoms with Gasteiger partial charge in [0.25, 0.3) is 5.91 Å². The van der Waals surface area contributed by atoms with Gasteiger partial charge in [-0.15, -0.1) is 0 Å². The number of ether oxygens (including phenoxy) is 1. The van der Waals surface area contributed by atoms with Gasteiger partial charge in [-0.2, -0.15) is 0 Å². The predicted octanol–water partition coefficient (Wildman–Crippen LogP) is 3.26. The Kier molecular flexibility index (Phi) is 4.95. The molecule has 1 aliphatic heterocycles. The van der Waals surface area contributed by atoms with Gasteiger partial charge >= 0.3 is 0 Å². The number of hydrazine groups is 1. The van der Waals surface area contributed by atoms with E-state index in [1.54, 1.807) is 0 Å². The van der Waals surface area contributed by atoms with Gasteiger partial charge in [-0.25, -0.2) is 5.01 Å². The summed E-state index contributed by atoms with van der Waals surface area (Å²) >= 11 is 0. The van der Waals surface area contributed by atoms with Crippen LogP contribution in [0, 0.1) is 0 Å². The third-order valence-electron chi connectivity index (χ3n) is 5.27. The maximum atomic E-state index is 12.9. The van der Waals surface area contributed by atoms with Gasteiger partial charge < -0.3 is 4.74 Å². The summed E-state index contributed by atoms with van der Waals surface area (Å²) in [6.45, 7) is 2.77. The standard InChI is InChI=1S/C20H25N3O2/c24-20(22-23-10-12-25-13-11-23)17-14-19(15-6-2-1-3-7-15)21-18-9-5-4-8-16(17)18/h4-5,8-9,14-15H,1-3,6-7,10-13H2,(H,22,24). The molecule has 1 aliphatic carbocycles. The lowest BCUT2D eigenvalue weighted by atomic mass is 9.86. The van der Waals surface area contributed by atoms with Gasteiger partial charge in [-0.1, -0.05) is 37.5 Å². The van der Waals surface area contributed by atoms with Crippen molar-refractivity contribution in [1.29, 1.82) is 0 Å². The molecule has 0 atom stereocenters. The second-order valence-electron chi connectivity index (χ2n) is 6.99. The van der Waals surface area contributed by atoms with Gasteiger partial charge in [-0.3, -0.25) is 15.2 Å². The number of hydrogen-bond acceptors (Lipinski definition) is 4. The van der Waals surface area contributed by atoms with Crippen LogP contribution in [0.2, 0.25) is 0 Å². The lowest BCUT2D eigenvalue weighted by molar-refractivity contribution is 0.0127. The summed E-state index contributed by atoms with van der Waals surface area (Å²) in [7, 11) is 0. The summed E-state index contributed by atoms with van der Waals surface area (Å²) in [6, 6.07) is 9.97. The van der Waals surface area contributed by atoms with E-state index in [9.17, 15) is 4.79 Å². The van der Waals surface area contributed by atoms with Crippen LogP contribution in [0.1, 0.15) is 54.1 Å². The Morgan fingerprint density at radius 1 is 1.12 bits per heavy atom. The minimum atomic E-state index is -0.0439. The fraction of sp³-hybridized carbons (Fsp3) is 0.500. The number of amides is 1. The number of benzene rings is 1. The molecule has 2 aromatic rings. The predicted molar refractivity (Wildman–Crippen MR) is 97.4 cm³/mol. The Balaban J connectivity index is 1.66. The average molecular weight is 339 g/mol. The molecule has 0 bridgehead atoms. The first-order chi connectivity index (χ1) is 12.3. The van der Waals surface area contributed by atoms with Crippen LogP contribution in [-0.4, -0.2) is 42.2 Å². The minimum absolute atomic E-state index is 0.0439. The van der Waals surface area contributed by atoms with Gasteiger partial charge in [0.1, 0.15) is 0 Å². The number of carbonyl (C=O) groups excluding carboxylic acids is 1. The second-order valence-corrected chi connectivity index (χ2v) is 6.99. The van der Waals surface area contributed by atoms with Crippen molar-refractivity contribution in [1.82, 2.24) is 15.4 Å². The topological polar surface area (TPSA) is 54.5 Å². The molecule has 5 nitrogen and oxygen atoms in total. The number of fused-ring (bicyclic) bond motifs is 1. The van der Waals surface area contributed by atoms with Crippen LogP contribution in [-0.2, 0) is 4.74 Å². The molecule has 5 heteroatoms. The smallest absolute Gasteiger partial charge is 0.266 e. The summed E-state index contributed by atoms with van der Waals surface area (Å²) in [6.07, 6.45) is 6.18. The number of rotatable bonds is 3. The van der Waals surface area contributed by atoms with Crippen molar-refractivity contribution in [2.45, 2.75) is 38.0 Å². The van der Waals surface area contributed by atoms with E-state index in [4.69, 9.17) is 9.72 Å². The van der Waals surface area contributed by atoms with Crippen LogP contribution in [0.25, 0.3) is 10.9 Å². The zero-order valence-corrected chi connectivity index (χ0v) is 14.5. The number of nitrogens with zero attached hydrogens (tertiary/aromatic N) is 2. The minimum Gasteiger partial charge on any atom is -0.379 e. The molecular weight excluding hydrogens is 314 g/mol. The number of pyridine rings is 1. The number of para-hydroxylation sites is 1. The quantitative estimate of drug-likeness (QED) is 0.932. The van der Waals surface area contributed by atoms with Crippen molar-refractivity contribution in [2.75, 3.05) is 26.3 Å². The highest BCUT2D eigenvalue weighted by atomic mass is 16.5. The van der Waals surface area contributed by atoms with E-state index in [1.807, 2.05) is 35.3 Å². The maximum absolute atomic E-state index is 12.9. The highest BCUT2D eigenvalue weighted by Gasteiger charge is 2.22. The van der Waals surface area contributed by atoms with E-state index in [-0.39, 0.29) is 5.91 Å². The monoisotopic (exact) mass is 339 g/mol. The second kappa shape index (κ2) is 7.50. The van der Waals surface area contributed by atoms with Crippen molar-refractivity contribution in [2.24, 2.45) is 0 Å². The largest absolute Gasteiger partial charge is 0.379 e. The van der Waals surface area contributed by atoms with E-state index >= 15 is 0 Å². The molecule has 1 saturated carbocycles. The first-order valence-corrected chi connectivity index (χ1v) is 9.34. The molecule has 1 saturated heterocycles. The average Bonchev–Trinajstić information content (AvgIpc) is 2.68. The van der Waals surface area contributed by atoms with E-state index in [0.717, 1.165) is 35.2 Å². The Morgan fingerprint density at radius 2 is 1.88 bits per heavy atom. The number of carbonyl (C=O) groups is 1. The summed E-state index contributed by atoms with van der Waals surface area (Å²) < 4.78 is 5.35. The highest BCUT2D eigenvalue weighted by Crippen LogP contribution is 2.33. The molecule has 2 heterocycles. The molecule has 0 radical (unpaired) electrons. The Hall–Kier alpha value is -1.98. The van der Waals surface area contributed by atoms with Crippen molar-refractivity contribution in [3.8, 4) is 0 Å². The molecule has 1 amide bonds. The van der Waals surface area contributed by atoms with Crippen LogP contribution in [0.4, 0.5) is 0 Å². The summed E-state index contributed by atoms with van der Waals surface area (Å²) in [5, 5.41) is 2.87. The molecule has 1 N–H and O–H groups in total. The van der Waals surface area contributed by atoms with Crippen LogP contribution in [0.5, 0.6) is 0 Å². The molecule has 4 rings (SSSR count). The number of hydrogen-bond donors (Lipinski definition) is 1. The molecule has 2 aliphatic rings. The first-order valence-electron chi connectivity index (χ1n) is 9.34. The SMILES string of the molecule is O=C(NN1CCOCC1)c1cc(C2CCCCC2)nc2ccccc12. The zero-order chi connectivity index (χ0) is 17.1. The van der Waals surface area contributed by atoms with Gasteiger partial charge in [0.2, 0.25) is 0 Å². The molecular formula is C20H25N3O2. The Bertz CT molecular complexity index is 750. The van der Waals surface area contributed by atoms with Crippen molar-refractivity contribution < 1.29 is 9.53 Å². The van der Waals surface area contributed by atoms with E-state index in [2.05, 4.69) is 5.43 Å². The number of nitrogens with one attached hydrogen (secondary N) is 1. The normalized spacial score (nSPS) is 19.8. The number of aromatic nitrogens is 1. The fourth-order valence-corrected chi connectivity index (χ4v) is 3.87. The molecule has 0 unspecified atom stereocenters. The lowest BCUT2D eigenvalue weighted by Gasteiger charge is -2.27. The molecule has 2 fully saturated rings. The van der Waals surface area contributed by atoms with Crippen molar-refractivity contribution in [3.05, 3.63) is 41.6 Å². The van der Waals surface area contributed by atoms with Gasteiger partial charge in [0, 0.05) is 30.1 Å². The lowest BCUT2D eigenvalue weighted by Crippen LogP contribution is -2.48. The number of morpholine rings is 1. The van der Waals surface area contributed by atoms with Crippen LogP contribution in [0.3, 0.4) is 0 Å². The fourth-order valence-electron chi connectivity index (χ4n) is 3.87. The first kappa shape index (κ1) is 16.5. The summed E-state index contributed by atoms with van der Waals surface area (Å²) in [5.74, 6) is 0.436.